The van der Waals surface area contributed by atoms with Crippen LogP contribution >= 0.6 is 0 Å². The average Bonchev–Trinajstić information content (AvgIpc) is 3.28. The van der Waals surface area contributed by atoms with Gasteiger partial charge in [-0.2, -0.15) is 0 Å². The number of nitrogens with two attached hydrogens (primary N) is 1. The Morgan fingerprint density at radius 1 is 1.06 bits per heavy atom. The van der Waals surface area contributed by atoms with Crippen molar-refractivity contribution in [3.8, 4) is 22.8 Å². The summed E-state index contributed by atoms with van der Waals surface area (Å²) in [6, 6.07) is 16.3. The van der Waals surface area contributed by atoms with E-state index in [1.54, 1.807) is 6.07 Å². The van der Waals surface area contributed by atoms with Crippen molar-refractivity contribution in [3.63, 3.8) is 0 Å². The first-order chi connectivity index (χ1) is 16.0. The molecule has 166 valence electrons. The van der Waals surface area contributed by atoms with E-state index < -0.39 is 5.91 Å². The van der Waals surface area contributed by atoms with Crippen molar-refractivity contribution in [3.05, 3.63) is 77.9 Å². The van der Waals surface area contributed by atoms with Crippen molar-refractivity contribution >= 4 is 17.5 Å². The maximum absolute atomic E-state index is 13.3. The molecule has 0 aliphatic carbocycles. The van der Waals surface area contributed by atoms with Crippen molar-refractivity contribution in [2.75, 3.05) is 13.2 Å². The molecule has 0 saturated carbocycles. The van der Waals surface area contributed by atoms with Crippen LogP contribution in [0.4, 0.5) is 0 Å². The number of carbonyl (C=O) groups is 2. The minimum Gasteiger partial charge on any atom is -0.486 e. The van der Waals surface area contributed by atoms with Crippen LogP contribution in [0.1, 0.15) is 39.5 Å². The summed E-state index contributed by atoms with van der Waals surface area (Å²) in [6.07, 6.45) is 1.38. The molecular formula is C24H21N5O4. The second-order valence-electron chi connectivity index (χ2n) is 7.64. The summed E-state index contributed by atoms with van der Waals surface area (Å²) in [7, 11) is 0. The lowest BCUT2D eigenvalue weighted by Gasteiger charge is -2.21. The van der Waals surface area contributed by atoms with E-state index in [0.717, 1.165) is 11.1 Å². The monoisotopic (exact) mass is 443 g/mol. The van der Waals surface area contributed by atoms with E-state index in [1.807, 2.05) is 55.5 Å². The van der Waals surface area contributed by atoms with Gasteiger partial charge in [-0.05, 0) is 30.7 Å². The van der Waals surface area contributed by atoms with Crippen molar-refractivity contribution < 1.29 is 19.1 Å². The second kappa shape index (κ2) is 8.27. The van der Waals surface area contributed by atoms with E-state index in [0.29, 0.717) is 30.4 Å². The molecule has 4 aromatic rings. The van der Waals surface area contributed by atoms with Crippen LogP contribution < -0.4 is 20.5 Å². The zero-order valence-electron chi connectivity index (χ0n) is 17.8. The molecule has 2 aromatic heterocycles. The summed E-state index contributed by atoms with van der Waals surface area (Å²) in [4.78, 5) is 33.8. The van der Waals surface area contributed by atoms with Crippen molar-refractivity contribution in [1.29, 1.82) is 0 Å². The first-order valence-electron chi connectivity index (χ1n) is 10.4. The Hall–Kier alpha value is -4.40. The predicted octanol–water partition coefficient (Wildman–Crippen LogP) is 2.76. The van der Waals surface area contributed by atoms with Gasteiger partial charge in [0, 0.05) is 5.56 Å². The number of primary amides is 1. The standard InChI is InChI=1S/C24H21N5O4/c1-14(16-7-8-19-20(11-16)33-10-9-32-19)27-24(31)18-12-17(15-5-3-2-4-6-15)28-23-21(22(25)30)26-13-29(18)23/h2-8,11-14H,9-10H2,1H3,(H2,25,30)(H,27,31). The highest BCUT2D eigenvalue weighted by Gasteiger charge is 2.22. The van der Waals surface area contributed by atoms with Crippen LogP contribution in [0.5, 0.6) is 11.5 Å². The van der Waals surface area contributed by atoms with Gasteiger partial charge in [-0.15, -0.1) is 0 Å². The number of fused-ring (bicyclic) bond motifs is 2. The Kier molecular flexibility index (Phi) is 5.14. The number of hydrogen-bond acceptors (Lipinski definition) is 6. The smallest absolute Gasteiger partial charge is 0.271 e. The van der Waals surface area contributed by atoms with Crippen LogP contribution in [-0.2, 0) is 0 Å². The minimum absolute atomic E-state index is 0.00159. The molecule has 1 aliphatic heterocycles. The van der Waals surface area contributed by atoms with Gasteiger partial charge in [-0.3, -0.25) is 14.0 Å². The molecule has 5 rings (SSSR count). The largest absolute Gasteiger partial charge is 0.486 e. The zero-order chi connectivity index (χ0) is 22.9. The Balaban J connectivity index is 1.52. The van der Waals surface area contributed by atoms with Crippen LogP contribution in [0.25, 0.3) is 16.9 Å². The zero-order valence-corrected chi connectivity index (χ0v) is 17.8. The molecule has 9 nitrogen and oxygen atoms in total. The number of nitrogens with one attached hydrogen (secondary N) is 1. The van der Waals surface area contributed by atoms with Gasteiger partial charge >= 0.3 is 0 Å². The highest BCUT2D eigenvalue weighted by Crippen LogP contribution is 2.32. The summed E-state index contributed by atoms with van der Waals surface area (Å²) < 4.78 is 12.7. The third-order valence-corrected chi connectivity index (χ3v) is 5.45. The number of carbonyl (C=O) groups excluding carboxylic acids is 2. The number of benzene rings is 2. The molecular weight excluding hydrogens is 422 g/mol. The Morgan fingerprint density at radius 2 is 1.82 bits per heavy atom. The van der Waals surface area contributed by atoms with Crippen LogP contribution in [-0.4, -0.2) is 39.4 Å². The molecule has 2 aromatic carbocycles. The van der Waals surface area contributed by atoms with Crippen molar-refractivity contribution in [1.82, 2.24) is 19.7 Å². The lowest BCUT2D eigenvalue weighted by Crippen LogP contribution is -2.28. The number of imidazole rings is 1. The number of ether oxygens (including phenoxy) is 2. The molecule has 2 amide bonds. The summed E-state index contributed by atoms with van der Waals surface area (Å²) >= 11 is 0. The summed E-state index contributed by atoms with van der Waals surface area (Å²) in [5.74, 6) is 0.268. The van der Waals surface area contributed by atoms with Gasteiger partial charge in [-0.1, -0.05) is 36.4 Å². The lowest BCUT2D eigenvalue weighted by atomic mass is 10.1. The molecule has 1 atom stereocenters. The highest BCUT2D eigenvalue weighted by atomic mass is 16.6. The topological polar surface area (TPSA) is 121 Å². The minimum atomic E-state index is -0.716. The Labute approximate surface area is 189 Å². The normalized spacial score (nSPS) is 13.5. The highest BCUT2D eigenvalue weighted by molar-refractivity contribution is 5.99. The van der Waals surface area contributed by atoms with E-state index in [9.17, 15) is 9.59 Å². The maximum atomic E-state index is 13.3. The predicted molar refractivity (Wildman–Crippen MR) is 120 cm³/mol. The van der Waals surface area contributed by atoms with Gasteiger partial charge in [-0.25, -0.2) is 9.97 Å². The summed E-state index contributed by atoms with van der Waals surface area (Å²) in [5, 5.41) is 3.00. The van der Waals surface area contributed by atoms with Gasteiger partial charge < -0.3 is 20.5 Å². The van der Waals surface area contributed by atoms with Crippen LogP contribution in [0.15, 0.2) is 60.9 Å². The fourth-order valence-corrected chi connectivity index (χ4v) is 3.76. The number of rotatable bonds is 5. The number of aromatic nitrogens is 3. The molecule has 0 spiro atoms. The van der Waals surface area contributed by atoms with Gasteiger partial charge in [0.15, 0.2) is 22.8 Å². The maximum Gasteiger partial charge on any atom is 0.271 e. The Bertz CT molecular complexity index is 1370. The molecule has 0 bridgehead atoms. The van der Waals surface area contributed by atoms with Gasteiger partial charge in [0.2, 0.25) is 0 Å². The van der Waals surface area contributed by atoms with E-state index >= 15 is 0 Å². The Morgan fingerprint density at radius 3 is 2.58 bits per heavy atom. The van der Waals surface area contributed by atoms with Gasteiger partial charge in [0.05, 0.1) is 11.7 Å². The molecule has 3 heterocycles. The van der Waals surface area contributed by atoms with Gasteiger partial charge in [0.25, 0.3) is 11.8 Å². The first-order valence-corrected chi connectivity index (χ1v) is 10.4. The van der Waals surface area contributed by atoms with Crippen LogP contribution in [0, 0.1) is 0 Å². The SMILES string of the molecule is CC(NC(=O)c1cc(-c2ccccc2)nc2c(C(N)=O)ncn12)c1ccc2c(c1)OCCO2. The lowest BCUT2D eigenvalue weighted by molar-refractivity contribution is 0.0931. The molecule has 3 N–H and O–H groups in total. The molecule has 0 saturated heterocycles. The molecule has 1 unspecified atom stereocenters. The molecule has 33 heavy (non-hydrogen) atoms. The number of amides is 2. The van der Waals surface area contributed by atoms with Crippen LogP contribution in [0.2, 0.25) is 0 Å². The first kappa shape index (κ1) is 20.5. The third kappa shape index (κ3) is 3.84. The number of hydrogen-bond donors (Lipinski definition) is 2. The summed E-state index contributed by atoms with van der Waals surface area (Å²) in [6.45, 7) is 2.87. The molecule has 1 aliphatic rings. The van der Waals surface area contributed by atoms with Gasteiger partial charge in [0.1, 0.15) is 25.2 Å². The molecule has 0 fully saturated rings. The quantitative estimate of drug-likeness (QED) is 0.489. The fraction of sp³-hybridized carbons (Fsp3) is 0.167. The second-order valence-corrected chi connectivity index (χ2v) is 7.64. The number of nitrogens with zero attached hydrogens (tertiary/aromatic N) is 3. The van der Waals surface area contributed by atoms with E-state index in [1.165, 1.54) is 10.7 Å². The average molecular weight is 443 g/mol. The van der Waals surface area contributed by atoms with E-state index in [-0.39, 0.29) is 29.0 Å². The summed E-state index contributed by atoms with van der Waals surface area (Å²) in [5.41, 5.74) is 8.17. The van der Waals surface area contributed by atoms with Crippen molar-refractivity contribution in [2.45, 2.75) is 13.0 Å². The fourth-order valence-electron chi connectivity index (χ4n) is 3.76. The van der Waals surface area contributed by atoms with Crippen LogP contribution in [0.3, 0.4) is 0 Å². The molecule has 9 heteroatoms. The molecule has 0 radical (unpaired) electrons. The van der Waals surface area contributed by atoms with Crippen molar-refractivity contribution in [2.24, 2.45) is 5.73 Å². The van der Waals surface area contributed by atoms with E-state index in [2.05, 4.69) is 15.3 Å². The third-order valence-electron chi connectivity index (χ3n) is 5.45. The van der Waals surface area contributed by atoms with E-state index in [4.69, 9.17) is 15.2 Å².